The second-order valence-electron chi connectivity index (χ2n) is 14.8. The standard InChI is InChI=1S/C44H44Br2N2O6/c1-51-17-13-43(14-18-52-2)33-21-25(5-9-29(33)31-11-7-27(45)23-35(31)43)39-37-38(42(50)47-39)40(48-41(37)49)26-6-10-30-32-12-8-28(46)24-36(32)44(15-19-53-3,16-20-54-4)34(30)22-26/h5-12,21-24,39-40H,13-20H2,1-4H3,(H,47,50)(H,48,49). The fourth-order valence-corrected chi connectivity index (χ4v) is 10.4. The molecule has 2 atom stereocenters. The highest BCUT2D eigenvalue weighted by atomic mass is 79.9. The van der Waals surface area contributed by atoms with Crippen LogP contribution in [0.15, 0.2) is 92.9 Å². The lowest BCUT2D eigenvalue weighted by atomic mass is 9.72. The van der Waals surface area contributed by atoms with Gasteiger partial charge in [-0.15, -0.1) is 0 Å². The van der Waals surface area contributed by atoms with Gasteiger partial charge in [-0.25, -0.2) is 0 Å². The minimum Gasteiger partial charge on any atom is -0.385 e. The Bertz CT molecular complexity index is 2030. The molecular formula is C44H44Br2N2O6. The summed E-state index contributed by atoms with van der Waals surface area (Å²) in [5.41, 5.74) is 11.4. The van der Waals surface area contributed by atoms with Crippen LogP contribution in [0.4, 0.5) is 0 Å². The van der Waals surface area contributed by atoms with Crippen molar-refractivity contribution < 1.29 is 28.5 Å². The number of carbonyl (C=O) groups is 2. The molecule has 8 nitrogen and oxygen atoms in total. The topological polar surface area (TPSA) is 95.1 Å². The quantitative estimate of drug-likeness (QED) is 0.133. The number of hydrogen-bond acceptors (Lipinski definition) is 6. The smallest absolute Gasteiger partial charge is 0.250 e. The van der Waals surface area contributed by atoms with Gasteiger partial charge in [0.2, 0.25) is 0 Å². The summed E-state index contributed by atoms with van der Waals surface area (Å²) in [7, 11) is 6.92. The predicted octanol–water partition coefficient (Wildman–Crippen LogP) is 8.23. The average Bonchev–Trinajstić information content (AvgIpc) is 3.87. The molecule has 0 spiro atoms. The first-order chi connectivity index (χ1) is 26.2. The third-order valence-electron chi connectivity index (χ3n) is 12.2. The van der Waals surface area contributed by atoms with Crippen molar-refractivity contribution in [1.82, 2.24) is 10.6 Å². The van der Waals surface area contributed by atoms with Crippen LogP contribution in [0.25, 0.3) is 22.3 Å². The van der Waals surface area contributed by atoms with E-state index in [2.05, 4.69) is 115 Å². The molecule has 4 aromatic carbocycles. The van der Waals surface area contributed by atoms with Crippen LogP contribution < -0.4 is 10.6 Å². The summed E-state index contributed by atoms with van der Waals surface area (Å²) in [4.78, 5) is 28.1. The third-order valence-corrected chi connectivity index (χ3v) is 13.2. The van der Waals surface area contributed by atoms with Gasteiger partial charge in [-0.1, -0.05) is 80.4 Å². The molecule has 10 heteroatoms. The Morgan fingerprint density at radius 1 is 0.500 bits per heavy atom. The molecule has 2 aliphatic heterocycles. The molecule has 0 radical (unpaired) electrons. The number of amides is 2. The number of hydrogen-bond donors (Lipinski definition) is 2. The summed E-state index contributed by atoms with van der Waals surface area (Å²) in [5.74, 6) is -0.456. The molecule has 0 saturated heterocycles. The third kappa shape index (κ3) is 5.83. The summed E-state index contributed by atoms with van der Waals surface area (Å²) >= 11 is 7.43. The summed E-state index contributed by atoms with van der Waals surface area (Å²) in [6.07, 6.45) is 3.04. The molecule has 2 heterocycles. The Labute approximate surface area is 333 Å². The fraction of sp³-hybridized carbons (Fsp3) is 0.364. The van der Waals surface area contributed by atoms with Gasteiger partial charge in [0.15, 0.2) is 0 Å². The molecule has 0 aromatic heterocycles. The number of rotatable bonds is 14. The first-order valence-corrected chi connectivity index (χ1v) is 20.0. The minimum atomic E-state index is -0.584. The lowest BCUT2D eigenvalue weighted by Crippen LogP contribution is -2.34. The Balaban J connectivity index is 1.21. The second kappa shape index (κ2) is 14.8. The van der Waals surface area contributed by atoms with Crippen LogP contribution in [0.3, 0.4) is 0 Å². The fourth-order valence-electron chi connectivity index (χ4n) is 9.64. The molecule has 280 valence electrons. The lowest BCUT2D eigenvalue weighted by Gasteiger charge is -2.33. The van der Waals surface area contributed by atoms with E-state index in [0.29, 0.717) is 37.6 Å². The van der Waals surface area contributed by atoms with Crippen molar-refractivity contribution in [3.05, 3.63) is 126 Å². The Kier molecular flexibility index (Phi) is 10.2. The molecule has 54 heavy (non-hydrogen) atoms. The van der Waals surface area contributed by atoms with Gasteiger partial charge in [-0.2, -0.15) is 0 Å². The number of ether oxygens (including phenoxy) is 4. The van der Waals surface area contributed by atoms with Gasteiger partial charge in [0, 0.05) is 74.6 Å². The molecule has 2 aliphatic carbocycles. The van der Waals surface area contributed by atoms with E-state index in [9.17, 15) is 9.59 Å². The molecule has 8 rings (SSSR count). The van der Waals surface area contributed by atoms with E-state index in [0.717, 1.165) is 68.0 Å². The largest absolute Gasteiger partial charge is 0.385 e. The SMILES string of the molecule is COCCC1(CCOC)c2cc(Br)ccc2-c2ccc(C3NC(=O)C4=C3C(=O)NC4c3ccc4c(c3)C(CCOC)(CCOC)c3cc(Br)ccc3-4)cc21. The summed E-state index contributed by atoms with van der Waals surface area (Å²) in [6.45, 7) is 2.28. The van der Waals surface area contributed by atoms with Crippen LogP contribution in [0, 0.1) is 0 Å². The maximum Gasteiger partial charge on any atom is 0.250 e. The van der Waals surface area contributed by atoms with Gasteiger partial charge in [-0.05, 0) is 106 Å². The van der Waals surface area contributed by atoms with Gasteiger partial charge in [0.1, 0.15) is 0 Å². The van der Waals surface area contributed by atoms with Gasteiger partial charge in [-0.3, -0.25) is 9.59 Å². The molecule has 4 aromatic rings. The number of methoxy groups -OCH3 is 4. The first-order valence-electron chi connectivity index (χ1n) is 18.4. The van der Waals surface area contributed by atoms with E-state index in [4.69, 9.17) is 18.9 Å². The number of nitrogens with one attached hydrogen (secondary N) is 2. The van der Waals surface area contributed by atoms with Crippen LogP contribution in [0.1, 0.15) is 71.1 Å². The van der Waals surface area contributed by atoms with E-state index < -0.39 is 12.1 Å². The van der Waals surface area contributed by atoms with Crippen molar-refractivity contribution in [2.75, 3.05) is 54.9 Å². The van der Waals surface area contributed by atoms with Crippen molar-refractivity contribution in [2.24, 2.45) is 0 Å². The molecule has 0 bridgehead atoms. The number of carbonyl (C=O) groups excluding carboxylic acids is 2. The Morgan fingerprint density at radius 2 is 0.815 bits per heavy atom. The maximum absolute atomic E-state index is 14.1. The van der Waals surface area contributed by atoms with E-state index in [1.807, 2.05) is 0 Å². The van der Waals surface area contributed by atoms with Crippen LogP contribution in [-0.4, -0.2) is 66.7 Å². The molecule has 0 saturated carbocycles. The highest BCUT2D eigenvalue weighted by Crippen LogP contribution is 2.56. The summed E-state index contributed by atoms with van der Waals surface area (Å²) < 4.78 is 24.6. The summed E-state index contributed by atoms with van der Waals surface area (Å²) in [6, 6.07) is 24.5. The van der Waals surface area contributed by atoms with E-state index in [1.165, 1.54) is 22.3 Å². The van der Waals surface area contributed by atoms with Crippen LogP contribution >= 0.6 is 31.9 Å². The van der Waals surface area contributed by atoms with Crippen molar-refractivity contribution in [2.45, 2.75) is 48.6 Å². The highest BCUT2D eigenvalue weighted by Gasteiger charge is 2.49. The zero-order chi connectivity index (χ0) is 37.8. The summed E-state index contributed by atoms with van der Waals surface area (Å²) in [5, 5.41) is 6.43. The van der Waals surface area contributed by atoms with E-state index in [-0.39, 0.29) is 22.6 Å². The van der Waals surface area contributed by atoms with Gasteiger partial charge < -0.3 is 29.6 Å². The van der Waals surface area contributed by atoms with Crippen LogP contribution in [0.5, 0.6) is 0 Å². The van der Waals surface area contributed by atoms with Crippen LogP contribution in [0.2, 0.25) is 0 Å². The maximum atomic E-state index is 14.1. The van der Waals surface area contributed by atoms with Gasteiger partial charge >= 0.3 is 0 Å². The number of fused-ring (bicyclic) bond motifs is 6. The van der Waals surface area contributed by atoms with E-state index in [1.54, 1.807) is 28.4 Å². The van der Waals surface area contributed by atoms with Crippen LogP contribution in [-0.2, 0) is 39.4 Å². The number of halogens is 2. The van der Waals surface area contributed by atoms with Crippen molar-refractivity contribution in [3.8, 4) is 22.3 Å². The molecule has 2 N–H and O–H groups in total. The van der Waals surface area contributed by atoms with E-state index >= 15 is 0 Å². The van der Waals surface area contributed by atoms with Crippen molar-refractivity contribution in [1.29, 1.82) is 0 Å². The zero-order valence-electron chi connectivity index (χ0n) is 30.9. The molecule has 2 amide bonds. The molecular weight excluding hydrogens is 812 g/mol. The predicted molar refractivity (Wildman–Crippen MR) is 215 cm³/mol. The molecule has 0 fully saturated rings. The lowest BCUT2D eigenvalue weighted by molar-refractivity contribution is -0.118. The Morgan fingerprint density at radius 3 is 1.15 bits per heavy atom. The second-order valence-corrected chi connectivity index (χ2v) is 16.6. The minimum absolute atomic E-state index is 0.228. The average molecular weight is 857 g/mol. The van der Waals surface area contributed by atoms with Gasteiger partial charge in [0.25, 0.3) is 11.8 Å². The normalized spacial score (nSPS) is 19.7. The van der Waals surface area contributed by atoms with Crippen molar-refractivity contribution in [3.63, 3.8) is 0 Å². The molecule has 4 aliphatic rings. The monoisotopic (exact) mass is 854 g/mol. The Hall–Kier alpha value is -3.64. The molecule has 2 unspecified atom stereocenters. The van der Waals surface area contributed by atoms with Gasteiger partial charge in [0.05, 0.1) is 23.2 Å². The first kappa shape index (κ1) is 37.3. The zero-order valence-corrected chi connectivity index (χ0v) is 34.1. The number of benzene rings is 4. The van der Waals surface area contributed by atoms with Crippen molar-refractivity contribution >= 4 is 43.7 Å². The highest BCUT2D eigenvalue weighted by molar-refractivity contribution is 9.10.